The molecule has 82 valence electrons. The first-order valence-corrected chi connectivity index (χ1v) is 5.12. The summed E-state index contributed by atoms with van der Waals surface area (Å²) < 4.78 is 27.4. The molecule has 1 aliphatic rings. The summed E-state index contributed by atoms with van der Waals surface area (Å²) in [5, 5.41) is 9.65. The molecule has 0 fully saturated rings. The third-order valence-electron chi connectivity index (χ3n) is 3.03. The van der Waals surface area contributed by atoms with Gasteiger partial charge in [-0.15, -0.1) is 0 Å². The predicted molar refractivity (Wildman–Crippen MR) is 54.3 cm³/mol. The Morgan fingerprint density at radius 1 is 1.40 bits per heavy atom. The maximum Gasteiger partial charge on any atom is 0.259 e. The van der Waals surface area contributed by atoms with Gasteiger partial charge >= 0.3 is 0 Å². The molecule has 0 saturated heterocycles. The van der Waals surface area contributed by atoms with Crippen LogP contribution >= 0.6 is 0 Å². The number of phenolic OH excluding ortho intramolecular Hbond substituents is 1. The number of aromatic hydroxyl groups is 1. The van der Waals surface area contributed by atoms with Crippen molar-refractivity contribution in [3.63, 3.8) is 0 Å². The van der Waals surface area contributed by atoms with Crippen molar-refractivity contribution in [1.82, 2.24) is 0 Å². The molecule has 0 heterocycles. The second kappa shape index (κ2) is 3.19. The molecular formula is C12H14F2O. The summed E-state index contributed by atoms with van der Waals surface area (Å²) in [7, 11) is 0. The molecule has 1 aliphatic carbocycles. The van der Waals surface area contributed by atoms with E-state index in [0.717, 1.165) is 0 Å². The first kappa shape index (κ1) is 10.4. The standard InChI is InChI=1S/C12H14F2O/c1-7(2)11-10-8(6-12(11,13)14)4-3-5-9(10)15/h3-5,7,11,15H,6H2,1-2H3. The minimum Gasteiger partial charge on any atom is -0.508 e. The zero-order valence-electron chi connectivity index (χ0n) is 8.80. The van der Waals surface area contributed by atoms with Crippen LogP contribution in [0.15, 0.2) is 18.2 Å². The topological polar surface area (TPSA) is 20.2 Å². The van der Waals surface area contributed by atoms with Gasteiger partial charge in [0.05, 0.1) is 5.92 Å². The largest absolute Gasteiger partial charge is 0.508 e. The van der Waals surface area contributed by atoms with Gasteiger partial charge in [-0.2, -0.15) is 0 Å². The SMILES string of the molecule is CC(C)C1c2c(O)cccc2CC1(F)F. The lowest BCUT2D eigenvalue weighted by Crippen LogP contribution is -2.26. The molecule has 1 aromatic rings. The van der Waals surface area contributed by atoms with Crippen LogP contribution in [-0.4, -0.2) is 11.0 Å². The Kier molecular flexibility index (Phi) is 2.21. The van der Waals surface area contributed by atoms with Gasteiger partial charge in [-0.3, -0.25) is 0 Å². The third kappa shape index (κ3) is 1.50. The van der Waals surface area contributed by atoms with Crippen LogP contribution in [-0.2, 0) is 6.42 Å². The maximum absolute atomic E-state index is 13.7. The minimum absolute atomic E-state index is 0.00313. The lowest BCUT2D eigenvalue weighted by atomic mass is 9.87. The predicted octanol–water partition coefficient (Wildman–Crippen LogP) is 3.32. The second-order valence-corrected chi connectivity index (χ2v) is 4.51. The molecule has 0 radical (unpaired) electrons. The number of alkyl halides is 2. The molecule has 1 N–H and O–H groups in total. The summed E-state index contributed by atoms with van der Waals surface area (Å²) in [5.74, 6) is -3.75. The molecule has 15 heavy (non-hydrogen) atoms. The molecule has 1 unspecified atom stereocenters. The van der Waals surface area contributed by atoms with Crippen LogP contribution < -0.4 is 0 Å². The molecule has 0 aromatic heterocycles. The molecular weight excluding hydrogens is 198 g/mol. The van der Waals surface area contributed by atoms with Crippen LogP contribution in [0.4, 0.5) is 8.78 Å². The molecule has 3 heteroatoms. The van der Waals surface area contributed by atoms with Crippen LogP contribution in [0.25, 0.3) is 0 Å². The zero-order valence-corrected chi connectivity index (χ0v) is 8.80. The van der Waals surface area contributed by atoms with Crippen LogP contribution in [0.2, 0.25) is 0 Å². The van der Waals surface area contributed by atoms with Crippen molar-refractivity contribution < 1.29 is 13.9 Å². The number of benzene rings is 1. The van der Waals surface area contributed by atoms with E-state index in [1.54, 1.807) is 26.0 Å². The minimum atomic E-state index is -2.73. The van der Waals surface area contributed by atoms with Gasteiger partial charge in [0.15, 0.2) is 0 Å². The fourth-order valence-corrected chi connectivity index (χ4v) is 2.51. The number of rotatable bonds is 1. The number of fused-ring (bicyclic) bond motifs is 1. The summed E-state index contributed by atoms with van der Waals surface area (Å²) in [6.07, 6.45) is -0.250. The van der Waals surface area contributed by atoms with Crippen molar-refractivity contribution in [2.75, 3.05) is 0 Å². The van der Waals surface area contributed by atoms with Crippen molar-refractivity contribution in [3.8, 4) is 5.75 Å². The molecule has 1 nitrogen and oxygen atoms in total. The second-order valence-electron chi connectivity index (χ2n) is 4.51. The van der Waals surface area contributed by atoms with E-state index in [9.17, 15) is 13.9 Å². The Labute approximate surface area is 87.7 Å². The van der Waals surface area contributed by atoms with E-state index >= 15 is 0 Å². The number of halogens is 2. The van der Waals surface area contributed by atoms with Crippen molar-refractivity contribution in [2.24, 2.45) is 5.92 Å². The van der Waals surface area contributed by atoms with Gasteiger partial charge in [0.2, 0.25) is 0 Å². The van der Waals surface area contributed by atoms with E-state index in [2.05, 4.69) is 0 Å². The van der Waals surface area contributed by atoms with Gasteiger partial charge in [-0.05, 0) is 17.5 Å². The number of hydrogen-bond donors (Lipinski definition) is 1. The lowest BCUT2D eigenvalue weighted by molar-refractivity contribution is -0.0291. The van der Waals surface area contributed by atoms with Gasteiger partial charge < -0.3 is 5.11 Å². The molecule has 0 spiro atoms. The summed E-state index contributed by atoms with van der Waals surface area (Å²) in [6.45, 7) is 3.53. The smallest absolute Gasteiger partial charge is 0.259 e. The van der Waals surface area contributed by atoms with Gasteiger partial charge in [0.25, 0.3) is 5.92 Å². The maximum atomic E-state index is 13.7. The summed E-state index contributed by atoms with van der Waals surface area (Å²) in [5.41, 5.74) is 1.02. The van der Waals surface area contributed by atoms with E-state index in [1.807, 2.05) is 0 Å². The molecule has 1 aromatic carbocycles. The summed E-state index contributed by atoms with van der Waals surface area (Å²) >= 11 is 0. The first-order valence-electron chi connectivity index (χ1n) is 5.12. The molecule has 0 aliphatic heterocycles. The Morgan fingerprint density at radius 2 is 2.07 bits per heavy atom. The average Bonchev–Trinajstić information content (AvgIpc) is 2.36. The van der Waals surface area contributed by atoms with Gasteiger partial charge in [0, 0.05) is 12.0 Å². The van der Waals surface area contributed by atoms with Crippen LogP contribution in [0.5, 0.6) is 5.75 Å². The number of phenols is 1. The highest BCUT2D eigenvalue weighted by atomic mass is 19.3. The average molecular weight is 212 g/mol. The fourth-order valence-electron chi connectivity index (χ4n) is 2.51. The van der Waals surface area contributed by atoms with Gasteiger partial charge in [-0.1, -0.05) is 26.0 Å². The first-order chi connectivity index (χ1) is 6.93. The molecule has 0 amide bonds. The fraction of sp³-hybridized carbons (Fsp3) is 0.500. The van der Waals surface area contributed by atoms with Crippen molar-refractivity contribution in [3.05, 3.63) is 29.3 Å². The van der Waals surface area contributed by atoms with Crippen LogP contribution in [0.1, 0.15) is 30.9 Å². The Morgan fingerprint density at radius 3 is 2.67 bits per heavy atom. The monoisotopic (exact) mass is 212 g/mol. The van der Waals surface area contributed by atoms with E-state index in [0.29, 0.717) is 11.1 Å². The Balaban J connectivity index is 2.56. The zero-order chi connectivity index (χ0) is 11.2. The van der Waals surface area contributed by atoms with Crippen molar-refractivity contribution in [2.45, 2.75) is 32.1 Å². The summed E-state index contributed by atoms with van der Waals surface area (Å²) in [4.78, 5) is 0. The Bertz CT molecular complexity index is 385. The van der Waals surface area contributed by atoms with Crippen LogP contribution in [0, 0.1) is 5.92 Å². The highest BCUT2D eigenvalue weighted by molar-refractivity contribution is 5.47. The number of hydrogen-bond acceptors (Lipinski definition) is 1. The molecule has 0 bridgehead atoms. The highest BCUT2D eigenvalue weighted by Gasteiger charge is 2.49. The lowest BCUT2D eigenvalue weighted by Gasteiger charge is -2.23. The summed E-state index contributed by atoms with van der Waals surface area (Å²) in [6, 6.07) is 4.77. The van der Waals surface area contributed by atoms with E-state index < -0.39 is 11.8 Å². The van der Waals surface area contributed by atoms with E-state index in [1.165, 1.54) is 6.07 Å². The van der Waals surface area contributed by atoms with Crippen molar-refractivity contribution >= 4 is 0 Å². The molecule has 1 atom stereocenters. The normalized spacial score (nSPS) is 23.1. The van der Waals surface area contributed by atoms with Crippen molar-refractivity contribution in [1.29, 1.82) is 0 Å². The Hall–Kier alpha value is -1.12. The molecule has 0 saturated carbocycles. The van der Waals surface area contributed by atoms with Gasteiger partial charge in [-0.25, -0.2) is 8.78 Å². The van der Waals surface area contributed by atoms with Crippen LogP contribution in [0.3, 0.4) is 0 Å². The van der Waals surface area contributed by atoms with Gasteiger partial charge in [0.1, 0.15) is 5.75 Å². The quantitative estimate of drug-likeness (QED) is 0.757. The molecule has 2 rings (SSSR count). The highest BCUT2D eigenvalue weighted by Crippen LogP contribution is 2.51. The van der Waals surface area contributed by atoms with E-state index in [4.69, 9.17) is 0 Å². The van der Waals surface area contributed by atoms with E-state index in [-0.39, 0.29) is 18.1 Å². The third-order valence-corrected chi connectivity index (χ3v) is 3.03.